The van der Waals surface area contributed by atoms with Crippen LogP contribution in [-0.4, -0.2) is 11.3 Å². The lowest BCUT2D eigenvalue weighted by atomic mass is 10.1. The number of H-pyrrole nitrogens is 1. The number of aryl methyl sites for hydroxylation is 1. The van der Waals surface area contributed by atoms with Crippen molar-refractivity contribution in [1.82, 2.24) is 4.98 Å². The van der Waals surface area contributed by atoms with E-state index in [9.17, 15) is 4.79 Å². The predicted octanol–water partition coefficient (Wildman–Crippen LogP) is 2.29. The molecule has 2 nitrogen and oxygen atoms in total. The lowest BCUT2D eigenvalue weighted by Gasteiger charge is -1.96. The minimum absolute atomic E-state index is 0.736. The van der Waals surface area contributed by atoms with E-state index in [0.717, 1.165) is 28.3 Å². The van der Waals surface area contributed by atoms with Gasteiger partial charge in [-0.2, -0.15) is 0 Å². The van der Waals surface area contributed by atoms with Gasteiger partial charge in [0.1, 0.15) is 6.29 Å². The highest BCUT2D eigenvalue weighted by Crippen LogP contribution is 2.17. The van der Waals surface area contributed by atoms with Gasteiger partial charge >= 0.3 is 0 Å². The monoisotopic (exact) mass is 159 g/mol. The minimum atomic E-state index is 0.736. The Hall–Kier alpha value is -1.57. The van der Waals surface area contributed by atoms with Gasteiger partial charge in [0.2, 0.25) is 0 Å². The topological polar surface area (TPSA) is 32.9 Å². The second-order valence-corrected chi connectivity index (χ2v) is 2.90. The lowest BCUT2D eigenvalue weighted by Crippen LogP contribution is -1.82. The first-order valence-corrected chi connectivity index (χ1v) is 3.84. The molecule has 1 heterocycles. The van der Waals surface area contributed by atoms with Crippen LogP contribution in [0, 0.1) is 6.92 Å². The number of hydrogen-bond donors (Lipinski definition) is 1. The van der Waals surface area contributed by atoms with E-state index in [-0.39, 0.29) is 0 Å². The Morgan fingerprint density at radius 2 is 2.25 bits per heavy atom. The molecule has 0 fully saturated rings. The van der Waals surface area contributed by atoms with Gasteiger partial charge in [0.05, 0.1) is 0 Å². The molecule has 2 rings (SSSR count). The van der Waals surface area contributed by atoms with Crippen molar-refractivity contribution >= 4 is 17.2 Å². The molecule has 0 saturated carbocycles. The SMILES string of the molecule is Cc1cc(C=O)cc2cc[nH]c12. The molecule has 0 aliphatic rings. The van der Waals surface area contributed by atoms with Crippen LogP contribution in [-0.2, 0) is 0 Å². The van der Waals surface area contributed by atoms with E-state index >= 15 is 0 Å². The van der Waals surface area contributed by atoms with Crippen molar-refractivity contribution < 1.29 is 4.79 Å². The first-order valence-electron chi connectivity index (χ1n) is 3.84. The number of aromatic amines is 1. The summed E-state index contributed by atoms with van der Waals surface area (Å²) in [6, 6.07) is 5.73. The average Bonchev–Trinajstić information content (AvgIpc) is 2.52. The molecular formula is C10H9NO. The van der Waals surface area contributed by atoms with Crippen molar-refractivity contribution in [2.45, 2.75) is 6.92 Å². The Kier molecular flexibility index (Phi) is 1.47. The number of carbonyl (C=O) groups is 1. The highest BCUT2D eigenvalue weighted by atomic mass is 16.1. The van der Waals surface area contributed by atoms with Crippen LogP contribution in [0.25, 0.3) is 10.9 Å². The van der Waals surface area contributed by atoms with Gasteiger partial charge in [0.15, 0.2) is 0 Å². The second-order valence-electron chi connectivity index (χ2n) is 2.90. The van der Waals surface area contributed by atoms with Crippen LogP contribution in [0.15, 0.2) is 24.4 Å². The summed E-state index contributed by atoms with van der Waals surface area (Å²) in [5, 5.41) is 1.09. The zero-order chi connectivity index (χ0) is 8.55. The minimum Gasteiger partial charge on any atom is -0.361 e. The van der Waals surface area contributed by atoms with Gasteiger partial charge in [-0.25, -0.2) is 0 Å². The zero-order valence-electron chi connectivity index (χ0n) is 6.79. The molecule has 0 unspecified atom stereocenters. The van der Waals surface area contributed by atoms with Gasteiger partial charge in [-0.15, -0.1) is 0 Å². The molecule has 0 saturated heterocycles. The fourth-order valence-corrected chi connectivity index (χ4v) is 1.45. The fourth-order valence-electron chi connectivity index (χ4n) is 1.45. The molecule has 0 amide bonds. The van der Waals surface area contributed by atoms with Crippen LogP contribution in [0.3, 0.4) is 0 Å². The van der Waals surface area contributed by atoms with E-state index in [2.05, 4.69) is 4.98 Å². The average molecular weight is 159 g/mol. The van der Waals surface area contributed by atoms with E-state index in [4.69, 9.17) is 0 Å². The third kappa shape index (κ3) is 0.925. The Bertz CT molecular complexity index is 428. The number of nitrogens with one attached hydrogen (secondary N) is 1. The molecule has 0 spiro atoms. The second kappa shape index (κ2) is 2.48. The smallest absolute Gasteiger partial charge is 0.150 e. The molecule has 1 N–H and O–H groups in total. The number of carbonyl (C=O) groups excluding carboxylic acids is 1. The summed E-state index contributed by atoms with van der Waals surface area (Å²) >= 11 is 0. The van der Waals surface area contributed by atoms with Gasteiger partial charge in [-0.1, -0.05) is 0 Å². The Morgan fingerprint density at radius 3 is 3.00 bits per heavy atom. The van der Waals surface area contributed by atoms with Crippen molar-refractivity contribution in [2.24, 2.45) is 0 Å². The molecule has 1 aromatic heterocycles. The lowest BCUT2D eigenvalue weighted by molar-refractivity contribution is 0.112. The maximum Gasteiger partial charge on any atom is 0.150 e. The summed E-state index contributed by atoms with van der Waals surface area (Å²) in [7, 11) is 0. The van der Waals surface area contributed by atoms with E-state index in [0.29, 0.717) is 0 Å². The van der Waals surface area contributed by atoms with E-state index in [1.165, 1.54) is 0 Å². The van der Waals surface area contributed by atoms with Crippen molar-refractivity contribution in [3.8, 4) is 0 Å². The van der Waals surface area contributed by atoms with Crippen LogP contribution >= 0.6 is 0 Å². The molecule has 60 valence electrons. The van der Waals surface area contributed by atoms with Crippen molar-refractivity contribution in [3.05, 3.63) is 35.5 Å². The molecular weight excluding hydrogens is 150 g/mol. The highest BCUT2D eigenvalue weighted by Gasteiger charge is 1.99. The number of fused-ring (bicyclic) bond motifs is 1. The first kappa shape index (κ1) is 7.10. The van der Waals surface area contributed by atoms with Gasteiger partial charge in [-0.05, 0) is 30.7 Å². The molecule has 0 bridgehead atoms. The molecule has 1 aromatic carbocycles. The van der Waals surface area contributed by atoms with Crippen LogP contribution in [0.1, 0.15) is 15.9 Å². The third-order valence-corrected chi connectivity index (χ3v) is 2.01. The first-order chi connectivity index (χ1) is 5.81. The van der Waals surface area contributed by atoms with Crippen molar-refractivity contribution in [2.75, 3.05) is 0 Å². The van der Waals surface area contributed by atoms with Gasteiger partial charge in [0.25, 0.3) is 0 Å². The van der Waals surface area contributed by atoms with Gasteiger partial charge in [-0.3, -0.25) is 4.79 Å². The third-order valence-electron chi connectivity index (χ3n) is 2.01. The highest BCUT2D eigenvalue weighted by molar-refractivity contribution is 5.89. The van der Waals surface area contributed by atoms with Crippen LogP contribution in [0.5, 0.6) is 0 Å². The number of aromatic nitrogens is 1. The summed E-state index contributed by atoms with van der Waals surface area (Å²) in [6.07, 6.45) is 2.76. The summed E-state index contributed by atoms with van der Waals surface area (Å²) in [5.74, 6) is 0. The molecule has 0 atom stereocenters. The maximum atomic E-state index is 10.5. The van der Waals surface area contributed by atoms with Crippen molar-refractivity contribution in [3.63, 3.8) is 0 Å². The molecule has 2 aromatic rings. The van der Waals surface area contributed by atoms with Crippen LogP contribution < -0.4 is 0 Å². The standard InChI is InChI=1S/C10H9NO/c1-7-4-8(6-12)5-9-2-3-11-10(7)9/h2-6,11H,1H3. The maximum absolute atomic E-state index is 10.5. The predicted molar refractivity (Wildman–Crippen MR) is 48.4 cm³/mol. The van der Waals surface area contributed by atoms with Crippen molar-refractivity contribution in [1.29, 1.82) is 0 Å². The number of hydrogen-bond acceptors (Lipinski definition) is 1. The van der Waals surface area contributed by atoms with Gasteiger partial charge < -0.3 is 4.98 Å². The normalized spacial score (nSPS) is 10.4. The summed E-state index contributed by atoms with van der Waals surface area (Å²) in [6.45, 7) is 1.99. The zero-order valence-corrected chi connectivity index (χ0v) is 6.79. The number of aldehydes is 1. The summed E-state index contributed by atoms with van der Waals surface area (Å²) in [5.41, 5.74) is 2.96. The molecule has 12 heavy (non-hydrogen) atoms. The van der Waals surface area contributed by atoms with Crippen LogP contribution in [0.4, 0.5) is 0 Å². The molecule has 0 radical (unpaired) electrons. The van der Waals surface area contributed by atoms with E-state index in [1.54, 1.807) is 0 Å². The molecule has 0 aliphatic carbocycles. The Balaban J connectivity index is 2.83. The van der Waals surface area contributed by atoms with Gasteiger partial charge in [0, 0.05) is 22.7 Å². The number of rotatable bonds is 1. The Labute approximate surface area is 70.2 Å². The fraction of sp³-hybridized carbons (Fsp3) is 0.100. The number of benzene rings is 1. The molecule has 0 aliphatic heterocycles. The largest absolute Gasteiger partial charge is 0.361 e. The van der Waals surface area contributed by atoms with Crippen LogP contribution in [0.2, 0.25) is 0 Å². The van der Waals surface area contributed by atoms with E-state index < -0.39 is 0 Å². The quantitative estimate of drug-likeness (QED) is 0.636. The molecule has 2 heteroatoms. The Morgan fingerprint density at radius 1 is 1.42 bits per heavy atom. The summed E-state index contributed by atoms with van der Waals surface area (Å²) < 4.78 is 0. The summed E-state index contributed by atoms with van der Waals surface area (Å²) in [4.78, 5) is 13.6. The van der Waals surface area contributed by atoms with E-state index in [1.807, 2.05) is 31.3 Å².